The van der Waals surface area contributed by atoms with Gasteiger partial charge in [0.25, 0.3) is 5.91 Å². The van der Waals surface area contributed by atoms with E-state index >= 15 is 0 Å². The third-order valence-corrected chi connectivity index (χ3v) is 4.06. The van der Waals surface area contributed by atoms with E-state index in [0.29, 0.717) is 5.69 Å². The van der Waals surface area contributed by atoms with Gasteiger partial charge in [0, 0.05) is 24.6 Å². The fourth-order valence-corrected chi connectivity index (χ4v) is 2.55. The predicted octanol–water partition coefficient (Wildman–Crippen LogP) is 2.69. The van der Waals surface area contributed by atoms with Gasteiger partial charge in [0.1, 0.15) is 6.04 Å². The van der Waals surface area contributed by atoms with Crippen molar-refractivity contribution in [1.29, 1.82) is 0 Å². The van der Waals surface area contributed by atoms with E-state index in [1.165, 1.54) is 13.0 Å². The first-order valence-electron chi connectivity index (χ1n) is 8.23. The molecule has 2 amide bonds. The minimum Gasteiger partial charge on any atom is -0.480 e. The molecule has 6 heteroatoms. The van der Waals surface area contributed by atoms with Gasteiger partial charge in [0.2, 0.25) is 5.91 Å². The zero-order valence-corrected chi connectivity index (χ0v) is 15.0. The number of hydrogen-bond donors (Lipinski definition) is 3. The van der Waals surface area contributed by atoms with E-state index in [1.807, 2.05) is 32.0 Å². The molecule has 26 heavy (non-hydrogen) atoms. The first-order valence-corrected chi connectivity index (χ1v) is 8.23. The second kappa shape index (κ2) is 8.29. The standard InChI is InChI=1S/C20H22N2O4/c1-12-7-8-15(9-13(12)2)10-18(20(25)26)22-19(24)16-5-4-6-17(11-16)21-14(3)23/h4-9,11,18H,10H2,1-3H3,(H,21,23)(H,22,24)(H,25,26)/t18-/m1/s1. The summed E-state index contributed by atoms with van der Waals surface area (Å²) in [5.74, 6) is -1.86. The normalized spacial score (nSPS) is 11.5. The monoisotopic (exact) mass is 354 g/mol. The Kier molecular flexibility index (Phi) is 6.11. The van der Waals surface area contributed by atoms with Crippen LogP contribution in [-0.2, 0) is 16.0 Å². The largest absolute Gasteiger partial charge is 0.480 e. The van der Waals surface area contributed by atoms with Gasteiger partial charge in [-0.05, 0) is 48.7 Å². The topological polar surface area (TPSA) is 95.5 Å². The molecular formula is C20H22N2O4. The maximum Gasteiger partial charge on any atom is 0.326 e. The number of rotatable bonds is 6. The maximum atomic E-state index is 12.4. The summed E-state index contributed by atoms with van der Waals surface area (Å²) in [5, 5.41) is 14.6. The minimum absolute atomic E-state index is 0.188. The third-order valence-electron chi connectivity index (χ3n) is 4.06. The molecule has 0 bridgehead atoms. The van der Waals surface area contributed by atoms with E-state index in [0.717, 1.165) is 16.7 Å². The van der Waals surface area contributed by atoms with E-state index < -0.39 is 17.9 Å². The smallest absolute Gasteiger partial charge is 0.326 e. The number of aliphatic carboxylic acids is 1. The van der Waals surface area contributed by atoms with Gasteiger partial charge in [-0.25, -0.2) is 4.79 Å². The summed E-state index contributed by atoms with van der Waals surface area (Å²) in [6.07, 6.45) is 0.188. The SMILES string of the molecule is CC(=O)Nc1cccc(C(=O)N[C@H](Cc2ccc(C)c(C)c2)C(=O)O)c1. The fourth-order valence-electron chi connectivity index (χ4n) is 2.55. The Balaban J connectivity index is 2.14. The highest BCUT2D eigenvalue weighted by Crippen LogP contribution is 2.14. The van der Waals surface area contributed by atoms with Crippen LogP contribution in [0.2, 0.25) is 0 Å². The summed E-state index contributed by atoms with van der Waals surface area (Å²) < 4.78 is 0. The number of anilines is 1. The molecule has 0 aromatic heterocycles. The summed E-state index contributed by atoms with van der Waals surface area (Å²) in [6.45, 7) is 5.31. The summed E-state index contributed by atoms with van der Waals surface area (Å²) in [7, 11) is 0. The molecule has 0 aliphatic heterocycles. The molecule has 2 aromatic carbocycles. The first-order chi connectivity index (χ1) is 12.3. The van der Waals surface area contributed by atoms with E-state index in [9.17, 15) is 19.5 Å². The van der Waals surface area contributed by atoms with Crippen molar-refractivity contribution >= 4 is 23.5 Å². The van der Waals surface area contributed by atoms with Gasteiger partial charge in [-0.1, -0.05) is 24.3 Å². The Bertz CT molecular complexity index is 845. The van der Waals surface area contributed by atoms with Crippen molar-refractivity contribution in [3.05, 3.63) is 64.7 Å². The van der Waals surface area contributed by atoms with E-state index in [-0.39, 0.29) is 17.9 Å². The zero-order valence-electron chi connectivity index (χ0n) is 15.0. The van der Waals surface area contributed by atoms with Crippen molar-refractivity contribution in [2.75, 3.05) is 5.32 Å². The van der Waals surface area contributed by atoms with Gasteiger partial charge in [-0.2, -0.15) is 0 Å². The molecular weight excluding hydrogens is 332 g/mol. The van der Waals surface area contributed by atoms with Crippen LogP contribution >= 0.6 is 0 Å². The molecule has 2 rings (SSSR count). The predicted molar refractivity (Wildman–Crippen MR) is 99.3 cm³/mol. The Morgan fingerprint density at radius 2 is 1.77 bits per heavy atom. The molecule has 0 saturated heterocycles. The lowest BCUT2D eigenvalue weighted by Gasteiger charge is -2.16. The second-order valence-corrected chi connectivity index (χ2v) is 6.25. The molecule has 1 atom stereocenters. The molecule has 0 aliphatic rings. The Morgan fingerprint density at radius 1 is 1.04 bits per heavy atom. The van der Waals surface area contributed by atoms with Crippen LogP contribution in [0.5, 0.6) is 0 Å². The van der Waals surface area contributed by atoms with Crippen molar-refractivity contribution in [3.63, 3.8) is 0 Å². The molecule has 0 heterocycles. The molecule has 0 unspecified atom stereocenters. The number of amides is 2. The van der Waals surface area contributed by atoms with Gasteiger partial charge in [0.05, 0.1) is 0 Å². The Labute approximate surface area is 152 Å². The van der Waals surface area contributed by atoms with E-state index in [4.69, 9.17) is 0 Å². The van der Waals surface area contributed by atoms with Crippen molar-refractivity contribution < 1.29 is 19.5 Å². The lowest BCUT2D eigenvalue weighted by Crippen LogP contribution is -2.42. The van der Waals surface area contributed by atoms with Crippen molar-refractivity contribution in [1.82, 2.24) is 5.32 Å². The average Bonchev–Trinajstić information content (AvgIpc) is 2.57. The summed E-state index contributed by atoms with van der Waals surface area (Å²) in [5.41, 5.74) is 3.79. The lowest BCUT2D eigenvalue weighted by molar-refractivity contribution is -0.139. The molecule has 136 valence electrons. The number of carboxylic acid groups (broad SMARTS) is 1. The Hall–Kier alpha value is -3.15. The van der Waals surface area contributed by atoms with E-state index in [1.54, 1.807) is 18.2 Å². The number of carbonyl (C=O) groups is 3. The second-order valence-electron chi connectivity index (χ2n) is 6.25. The quantitative estimate of drug-likeness (QED) is 0.743. The van der Waals surface area contributed by atoms with Gasteiger partial charge in [-0.15, -0.1) is 0 Å². The zero-order chi connectivity index (χ0) is 19.3. The highest BCUT2D eigenvalue weighted by Gasteiger charge is 2.21. The molecule has 0 spiro atoms. The molecule has 0 aliphatic carbocycles. The van der Waals surface area contributed by atoms with Gasteiger partial charge >= 0.3 is 5.97 Å². The van der Waals surface area contributed by atoms with Crippen molar-refractivity contribution in [2.24, 2.45) is 0 Å². The van der Waals surface area contributed by atoms with Crippen LogP contribution in [0.3, 0.4) is 0 Å². The number of carbonyl (C=O) groups excluding carboxylic acids is 2. The van der Waals surface area contributed by atoms with Crippen LogP contribution < -0.4 is 10.6 Å². The summed E-state index contributed by atoms with van der Waals surface area (Å²) in [4.78, 5) is 35.1. The number of hydrogen-bond acceptors (Lipinski definition) is 3. The minimum atomic E-state index is -1.10. The lowest BCUT2D eigenvalue weighted by atomic mass is 10.0. The molecule has 0 fully saturated rings. The number of nitrogens with one attached hydrogen (secondary N) is 2. The van der Waals surface area contributed by atoms with Gasteiger partial charge in [0.15, 0.2) is 0 Å². The molecule has 3 N–H and O–H groups in total. The van der Waals surface area contributed by atoms with Gasteiger partial charge < -0.3 is 15.7 Å². The number of benzene rings is 2. The van der Waals surface area contributed by atoms with Gasteiger partial charge in [-0.3, -0.25) is 9.59 Å². The summed E-state index contributed by atoms with van der Waals surface area (Å²) >= 11 is 0. The number of aryl methyl sites for hydroxylation is 2. The van der Waals surface area contributed by atoms with Crippen molar-refractivity contribution in [3.8, 4) is 0 Å². The number of carboxylic acids is 1. The fraction of sp³-hybridized carbons (Fsp3) is 0.250. The Morgan fingerprint density at radius 3 is 2.38 bits per heavy atom. The summed E-state index contributed by atoms with van der Waals surface area (Å²) in [6, 6.07) is 11.0. The van der Waals surface area contributed by atoms with Crippen LogP contribution in [0.4, 0.5) is 5.69 Å². The molecule has 0 saturated carbocycles. The maximum absolute atomic E-state index is 12.4. The van der Waals surface area contributed by atoms with Crippen LogP contribution in [0.15, 0.2) is 42.5 Å². The average molecular weight is 354 g/mol. The molecule has 6 nitrogen and oxygen atoms in total. The molecule has 0 radical (unpaired) electrons. The van der Waals surface area contributed by atoms with Crippen LogP contribution in [-0.4, -0.2) is 28.9 Å². The van der Waals surface area contributed by atoms with Crippen LogP contribution in [0.1, 0.15) is 34.0 Å². The molecule has 2 aromatic rings. The van der Waals surface area contributed by atoms with E-state index in [2.05, 4.69) is 10.6 Å². The first kappa shape index (κ1) is 19.2. The van der Waals surface area contributed by atoms with Crippen molar-refractivity contribution in [2.45, 2.75) is 33.2 Å². The highest BCUT2D eigenvalue weighted by atomic mass is 16.4. The van der Waals surface area contributed by atoms with Crippen LogP contribution in [0.25, 0.3) is 0 Å². The van der Waals surface area contributed by atoms with Crippen LogP contribution in [0, 0.1) is 13.8 Å². The third kappa shape index (κ3) is 5.17. The highest BCUT2D eigenvalue weighted by molar-refractivity contribution is 5.98.